The molecule has 1 aromatic carbocycles. The summed E-state index contributed by atoms with van der Waals surface area (Å²) in [4.78, 5) is 13.7. The topological polar surface area (TPSA) is 55.1 Å². The van der Waals surface area contributed by atoms with Gasteiger partial charge in [-0.15, -0.1) is 11.3 Å². The predicted octanol–water partition coefficient (Wildman–Crippen LogP) is 5.05. The average Bonchev–Trinajstić information content (AvgIpc) is 3.30. The van der Waals surface area contributed by atoms with E-state index in [2.05, 4.69) is 67.2 Å². The molecule has 0 atom stereocenters. The first-order chi connectivity index (χ1) is 14.0. The molecule has 6 heteroatoms. The van der Waals surface area contributed by atoms with Gasteiger partial charge in [0.1, 0.15) is 22.2 Å². The molecule has 0 radical (unpaired) electrons. The Bertz CT molecular complexity index is 1170. The number of hydrogen-bond donors (Lipinski definition) is 1. The lowest BCUT2D eigenvalue weighted by molar-refractivity contribution is 0.629. The maximum atomic E-state index is 4.75. The molecule has 0 fully saturated rings. The summed E-state index contributed by atoms with van der Waals surface area (Å²) < 4.78 is 2.01. The molecule has 3 heterocycles. The number of aryl methyl sites for hydroxylation is 1. The van der Waals surface area contributed by atoms with E-state index in [1.807, 2.05) is 22.0 Å². The number of fused-ring (bicyclic) bond motifs is 1. The van der Waals surface area contributed by atoms with Crippen LogP contribution >= 0.6 is 11.3 Å². The van der Waals surface area contributed by atoms with Crippen LogP contribution in [0.3, 0.4) is 0 Å². The summed E-state index contributed by atoms with van der Waals surface area (Å²) in [5.41, 5.74) is 3.60. The van der Waals surface area contributed by atoms with Crippen LogP contribution in [-0.2, 0) is 6.42 Å². The number of benzene rings is 1. The fourth-order valence-electron chi connectivity index (χ4n) is 2.98. The highest BCUT2D eigenvalue weighted by Crippen LogP contribution is 2.32. The molecule has 0 unspecified atom stereocenters. The van der Waals surface area contributed by atoms with Crippen molar-refractivity contribution in [1.82, 2.24) is 19.4 Å². The molecule has 0 saturated heterocycles. The van der Waals surface area contributed by atoms with Crippen molar-refractivity contribution in [2.45, 2.75) is 39.2 Å². The van der Waals surface area contributed by atoms with Gasteiger partial charge in [-0.3, -0.25) is 9.38 Å². The normalized spacial score (nSPS) is 11.3. The summed E-state index contributed by atoms with van der Waals surface area (Å²) >= 11 is 1.56. The molecule has 0 amide bonds. The summed E-state index contributed by atoms with van der Waals surface area (Å²) in [6, 6.07) is 10.4. The summed E-state index contributed by atoms with van der Waals surface area (Å²) in [5.74, 6) is 7.35. The molecule has 29 heavy (non-hydrogen) atoms. The Morgan fingerprint density at radius 3 is 2.76 bits per heavy atom. The number of nitrogens with one attached hydrogen (secondary N) is 1. The second kappa shape index (κ2) is 8.06. The molecule has 3 aromatic heterocycles. The molecule has 0 saturated carbocycles. The maximum absolute atomic E-state index is 4.75. The smallest absolute Gasteiger partial charge is 0.157 e. The first-order valence-corrected chi connectivity index (χ1v) is 10.5. The lowest BCUT2D eigenvalue weighted by Gasteiger charge is -2.22. The van der Waals surface area contributed by atoms with Gasteiger partial charge in [0.05, 0.1) is 6.20 Å². The molecule has 0 aliphatic heterocycles. The van der Waals surface area contributed by atoms with Crippen LogP contribution in [0.4, 0.5) is 5.82 Å². The third-order valence-electron chi connectivity index (χ3n) is 4.23. The van der Waals surface area contributed by atoms with E-state index in [1.165, 1.54) is 5.56 Å². The zero-order valence-corrected chi connectivity index (χ0v) is 17.6. The predicted molar refractivity (Wildman–Crippen MR) is 119 cm³/mol. The van der Waals surface area contributed by atoms with E-state index in [1.54, 1.807) is 23.7 Å². The number of rotatable bonds is 4. The molecular weight excluding hydrogens is 378 g/mol. The summed E-state index contributed by atoms with van der Waals surface area (Å²) in [5, 5.41) is 6.40. The summed E-state index contributed by atoms with van der Waals surface area (Å²) in [6.07, 6.45) is 7.20. The number of imidazole rings is 1. The fourth-order valence-corrected chi connectivity index (χ4v) is 3.71. The monoisotopic (exact) mass is 401 g/mol. The van der Waals surface area contributed by atoms with Crippen LogP contribution in [0.15, 0.2) is 54.3 Å². The lowest BCUT2D eigenvalue weighted by atomic mass is 10.1. The van der Waals surface area contributed by atoms with Crippen LogP contribution in [0.2, 0.25) is 0 Å². The number of nitrogens with zero attached hydrogens (tertiary/aromatic N) is 4. The van der Waals surface area contributed by atoms with Gasteiger partial charge in [0.25, 0.3) is 0 Å². The van der Waals surface area contributed by atoms with E-state index in [-0.39, 0.29) is 5.54 Å². The average molecular weight is 402 g/mol. The largest absolute Gasteiger partial charge is 0.365 e. The van der Waals surface area contributed by atoms with Crippen molar-refractivity contribution in [1.29, 1.82) is 0 Å². The van der Waals surface area contributed by atoms with Gasteiger partial charge in [0, 0.05) is 29.7 Å². The second-order valence-electron chi connectivity index (χ2n) is 7.81. The first-order valence-electron chi connectivity index (χ1n) is 9.58. The zero-order valence-electron chi connectivity index (χ0n) is 16.8. The number of hydrogen-bond acceptors (Lipinski definition) is 5. The lowest BCUT2D eigenvalue weighted by Crippen LogP contribution is -2.27. The highest BCUT2D eigenvalue weighted by Gasteiger charge is 2.21. The van der Waals surface area contributed by atoms with Crippen LogP contribution < -0.4 is 5.32 Å². The van der Waals surface area contributed by atoms with Crippen LogP contribution in [0.1, 0.15) is 38.4 Å². The van der Waals surface area contributed by atoms with Crippen LogP contribution in [0.5, 0.6) is 0 Å². The quantitative estimate of drug-likeness (QED) is 0.486. The highest BCUT2D eigenvalue weighted by molar-refractivity contribution is 7.13. The van der Waals surface area contributed by atoms with Gasteiger partial charge in [-0.05, 0) is 38.7 Å². The molecule has 1 N–H and O–H groups in total. The molecule has 0 aliphatic carbocycles. The van der Waals surface area contributed by atoms with Gasteiger partial charge < -0.3 is 5.32 Å². The van der Waals surface area contributed by atoms with Crippen molar-refractivity contribution in [3.8, 4) is 22.5 Å². The van der Waals surface area contributed by atoms with Gasteiger partial charge in [-0.25, -0.2) is 9.97 Å². The molecule has 0 aliphatic rings. The first kappa shape index (κ1) is 19.2. The Hall–Kier alpha value is -3.17. The Morgan fingerprint density at radius 1 is 1.14 bits per heavy atom. The van der Waals surface area contributed by atoms with Gasteiger partial charge in [-0.1, -0.05) is 36.3 Å². The Morgan fingerprint density at radius 2 is 1.97 bits per heavy atom. The Labute approximate surface area is 174 Å². The third kappa shape index (κ3) is 4.64. The van der Waals surface area contributed by atoms with Crippen molar-refractivity contribution in [3.05, 3.63) is 65.6 Å². The van der Waals surface area contributed by atoms with E-state index in [4.69, 9.17) is 9.97 Å². The minimum atomic E-state index is -0.106. The fraction of sp³-hybridized carbons (Fsp3) is 0.261. The minimum absolute atomic E-state index is 0.106. The maximum Gasteiger partial charge on any atom is 0.157 e. The molecule has 4 rings (SSSR count). The third-order valence-corrected chi connectivity index (χ3v) is 5.08. The molecule has 0 spiro atoms. The Balaban J connectivity index is 1.57. The SMILES string of the molecule is CC(C)(C)Nc1c(-c2nc(C#CCCc3ccccc3)cs2)nc2cnccn12. The van der Waals surface area contributed by atoms with Gasteiger partial charge in [0.15, 0.2) is 5.65 Å². The van der Waals surface area contributed by atoms with E-state index >= 15 is 0 Å². The highest BCUT2D eigenvalue weighted by atomic mass is 32.1. The molecule has 146 valence electrons. The van der Waals surface area contributed by atoms with E-state index in [9.17, 15) is 0 Å². The van der Waals surface area contributed by atoms with Crippen molar-refractivity contribution in [2.75, 3.05) is 5.32 Å². The van der Waals surface area contributed by atoms with Crippen LogP contribution in [0.25, 0.3) is 16.3 Å². The van der Waals surface area contributed by atoms with Gasteiger partial charge in [0.2, 0.25) is 0 Å². The van der Waals surface area contributed by atoms with Gasteiger partial charge in [-0.2, -0.15) is 0 Å². The second-order valence-corrected chi connectivity index (χ2v) is 8.67. The van der Waals surface area contributed by atoms with Crippen LogP contribution in [-0.4, -0.2) is 24.9 Å². The summed E-state index contributed by atoms with van der Waals surface area (Å²) in [6.45, 7) is 6.38. The van der Waals surface area contributed by atoms with Crippen molar-refractivity contribution in [3.63, 3.8) is 0 Å². The zero-order chi connectivity index (χ0) is 20.3. The number of thiazole rings is 1. The van der Waals surface area contributed by atoms with E-state index < -0.39 is 0 Å². The summed E-state index contributed by atoms with van der Waals surface area (Å²) in [7, 11) is 0. The van der Waals surface area contributed by atoms with Crippen molar-refractivity contribution >= 4 is 22.8 Å². The van der Waals surface area contributed by atoms with Gasteiger partial charge >= 0.3 is 0 Å². The number of aromatic nitrogens is 4. The molecule has 0 bridgehead atoms. The van der Waals surface area contributed by atoms with Crippen LogP contribution in [0, 0.1) is 11.8 Å². The standard InChI is InChI=1S/C23H23N5S/c1-23(2,3)27-21-20(26-19-15-24-13-14-28(19)21)22-25-18(16-29-22)12-8-7-11-17-9-5-4-6-10-17/h4-6,9-10,13-16,27H,7,11H2,1-3H3. The molecular formula is C23H23N5S. The van der Waals surface area contributed by atoms with E-state index in [0.717, 1.165) is 40.7 Å². The Kier molecular flexibility index (Phi) is 5.32. The molecule has 4 aromatic rings. The van der Waals surface area contributed by atoms with Crippen molar-refractivity contribution < 1.29 is 0 Å². The molecule has 5 nitrogen and oxygen atoms in total. The minimum Gasteiger partial charge on any atom is -0.365 e. The van der Waals surface area contributed by atoms with E-state index in [0.29, 0.717) is 0 Å². The van der Waals surface area contributed by atoms with Crippen molar-refractivity contribution in [2.24, 2.45) is 0 Å². The number of anilines is 1.